The minimum absolute atomic E-state index is 0. The van der Waals surface area contributed by atoms with Crippen LogP contribution in [0.2, 0.25) is 0 Å². The van der Waals surface area contributed by atoms with Gasteiger partial charge in [-0.05, 0) is 0 Å². The molecule has 0 rings (SSSR count). The smallest absolute Gasteiger partial charge is 0.264 e. The quantitative estimate of drug-likeness (QED) is 0.251. The fourth-order valence-electron chi connectivity index (χ4n) is 0. The molecule has 4 nitrogen and oxygen atoms in total. The van der Waals surface area contributed by atoms with Crippen molar-refractivity contribution in [1.29, 1.82) is 0 Å². The van der Waals surface area contributed by atoms with Crippen LogP contribution in [0.15, 0.2) is 0 Å². The molecule has 0 aromatic heterocycles. The Kier molecular flexibility index (Phi) is 437. The molecule has 0 saturated carbocycles. The molecule has 164 valence electrons. The van der Waals surface area contributed by atoms with E-state index in [0.717, 1.165) is 0 Å². The Bertz CT molecular complexity index is 102. The Balaban J connectivity index is -0.00000000121. The third-order valence-electron chi connectivity index (χ3n) is 0. The van der Waals surface area contributed by atoms with E-state index in [1.54, 1.807) is 0 Å². The van der Waals surface area contributed by atoms with Gasteiger partial charge in [-0.2, -0.15) is 8.42 Å². The van der Waals surface area contributed by atoms with Crippen molar-refractivity contribution in [3.8, 4) is 0 Å². The van der Waals surface area contributed by atoms with Crippen LogP contribution in [-0.2, 0) is 215 Å². The van der Waals surface area contributed by atoms with Gasteiger partial charge in [0.1, 0.15) is 0 Å². The van der Waals surface area contributed by atoms with Crippen LogP contribution in [0.3, 0.4) is 0 Å². The molecule has 0 saturated heterocycles. The maximum absolute atomic E-state index is 8.74. The second-order valence-corrected chi connectivity index (χ2v) is 1.34. The molecular weight excluding hydrogens is 859 g/mol. The van der Waals surface area contributed by atoms with E-state index in [0.29, 0.717) is 0 Å². The normalized spacial score (nSPS) is 3.41. The molecule has 0 fully saturated rings. The van der Waals surface area contributed by atoms with Crippen molar-refractivity contribution >= 4 is 10.4 Å². The van der Waals surface area contributed by atoms with Crippen LogP contribution in [0.1, 0.15) is 0 Å². The third-order valence-corrected chi connectivity index (χ3v) is 0. The van der Waals surface area contributed by atoms with E-state index < -0.39 is 10.4 Å². The Hall–Kier alpha value is 6.10. The SMILES string of the molecule is O=S(=O)(O)O.[Cu].[Cu].[Cu].[Cu].[Cu].[Cu].[Cu].[Cu].[Cu].[Cu].[Cu].[Cu]. The van der Waals surface area contributed by atoms with Crippen molar-refractivity contribution in [3.63, 3.8) is 0 Å². The zero-order valence-electron chi connectivity index (χ0n) is 5.74. The molecule has 0 bridgehead atoms. The van der Waals surface area contributed by atoms with Crippen LogP contribution in [0, 0.1) is 0 Å². The van der Waals surface area contributed by atoms with Gasteiger partial charge in [0.15, 0.2) is 0 Å². The van der Waals surface area contributed by atoms with Gasteiger partial charge in [-0.15, -0.1) is 0 Å². The van der Waals surface area contributed by atoms with Gasteiger partial charge in [0, 0.05) is 205 Å². The van der Waals surface area contributed by atoms with Crippen LogP contribution in [0.25, 0.3) is 0 Å². The Morgan fingerprint density at radius 1 is 0.412 bits per heavy atom. The van der Waals surface area contributed by atoms with Gasteiger partial charge in [-0.3, -0.25) is 9.11 Å². The zero-order valence-corrected chi connectivity index (χ0v) is 17.9. The summed E-state index contributed by atoms with van der Waals surface area (Å²) >= 11 is 0. The molecule has 0 amide bonds. The van der Waals surface area contributed by atoms with Crippen LogP contribution in [0.5, 0.6) is 0 Å². The monoisotopic (exact) mass is 853 g/mol. The zero-order chi connectivity index (χ0) is 4.50. The Labute approximate surface area is 228 Å². The molecule has 17 heteroatoms. The molecule has 0 aliphatic carbocycles. The van der Waals surface area contributed by atoms with E-state index in [4.69, 9.17) is 17.5 Å². The second-order valence-electron chi connectivity index (χ2n) is 0.448. The van der Waals surface area contributed by atoms with E-state index in [2.05, 4.69) is 0 Å². The van der Waals surface area contributed by atoms with Crippen molar-refractivity contribution in [2.75, 3.05) is 0 Å². The van der Waals surface area contributed by atoms with Gasteiger partial charge in [0.25, 0.3) is 0 Å². The molecule has 0 aliphatic heterocycles. The van der Waals surface area contributed by atoms with Crippen LogP contribution >= 0.6 is 0 Å². The summed E-state index contributed by atoms with van der Waals surface area (Å²) in [5, 5.41) is 0. The summed E-state index contributed by atoms with van der Waals surface area (Å²) in [7, 11) is -4.67. The molecule has 2 N–H and O–H groups in total. The summed E-state index contributed by atoms with van der Waals surface area (Å²) in [4.78, 5) is 0. The summed E-state index contributed by atoms with van der Waals surface area (Å²) in [5.74, 6) is 0. The first-order valence-electron chi connectivity index (χ1n) is 0.698. The standard InChI is InChI=1S/12Cu.H2O4S/c;;;;;;;;;;;;1-5(2,3)4/h;;;;;;;;;;;;(H2,1,2,3,4). The average Bonchev–Trinajstić information content (AvgIpc) is 0.722. The summed E-state index contributed by atoms with van der Waals surface area (Å²) in [6, 6.07) is 0. The van der Waals surface area contributed by atoms with E-state index in [1.807, 2.05) is 0 Å². The van der Waals surface area contributed by atoms with E-state index in [1.165, 1.54) is 0 Å². The molecule has 0 aromatic carbocycles. The van der Waals surface area contributed by atoms with E-state index in [9.17, 15) is 0 Å². The molecule has 0 heterocycles. The Morgan fingerprint density at radius 2 is 0.412 bits per heavy atom. The molecule has 17 heavy (non-hydrogen) atoms. The summed E-state index contributed by atoms with van der Waals surface area (Å²) in [6.45, 7) is 0. The number of rotatable bonds is 0. The van der Waals surface area contributed by atoms with Gasteiger partial charge in [-0.1, -0.05) is 0 Å². The predicted octanol–water partition coefficient (Wildman–Crippen LogP) is -0.683. The molecule has 0 atom stereocenters. The first-order valence-corrected chi connectivity index (χ1v) is 2.10. The van der Waals surface area contributed by atoms with Crippen molar-refractivity contribution in [3.05, 3.63) is 0 Å². The molecule has 0 aromatic rings. The largest absolute Gasteiger partial charge is 0.394 e. The minimum Gasteiger partial charge on any atom is -0.264 e. The second kappa shape index (κ2) is 67.2. The van der Waals surface area contributed by atoms with Crippen molar-refractivity contribution in [2.24, 2.45) is 0 Å². The third kappa shape index (κ3) is 240. The molecule has 12 radical (unpaired) electrons. The van der Waals surface area contributed by atoms with Gasteiger partial charge in [-0.25, -0.2) is 0 Å². The first-order chi connectivity index (χ1) is 2.00. The predicted molar refractivity (Wildman–Crippen MR) is 14.2 cm³/mol. The summed E-state index contributed by atoms with van der Waals surface area (Å²) in [5.41, 5.74) is 0. The van der Waals surface area contributed by atoms with E-state index >= 15 is 0 Å². The minimum atomic E-state index is -4.67. The van der Waals surface area contributed by atoms with Gasteiger partial charge < -0.3 is 0 Å². The summed E-state index contributed by atoms with van der Waals surface area (Å²) in [6.07, 6.45) is 0. The van der Waals surface area contributed by atoms with Crippen molar-refractivity contribution in [1.82, 2.24) is 0 Å². The molecule has 0 spiro atoms. The molecule has 0 unspecified atom stereocenters. The molecule has 0 aliphatic rings. The maximum atomic E-state index is 8.74. The fourth-order valence-corrected chi connectivity index (χ4v) is 0. The fraction of sp³-hybridized carbons (Fsp3) is 0. The van der Waals surface area contributed by atoms with Gasteiger partial charge in [0.2, 0.25) is 0 Å². The Morgan fingerprint density at radius 3 is 0.412 bits per heavy atom. The first kappa shape index (κ1) is 111. The maximum Gasteiger partial charge on any atom is 0.394 e. The van der Waals surface area contributed by atoms with Crippen molar-refractivity contribution < 1.29 is 222 Å². The number of hydrogen-bond donors (Lipinski definition) is 2. The van der Waals surface area contributed by atoms with Crippen LogP contribution in [0.4, 0.5) is 0 Å². The van der Waals surface area contributed by atoms with Crippen LogP contribution < -0.4 is 0 Å². The van der Waals surface area contributed by atoms with E-state index in [-0.39, 0.29) is 205 Å². The average molecular weight is 861 g/mol. The van der Waals surface area contributed by atoms with Gasteiger partial charge in [0.05, 0.1) is 0 Å². The van der Waals surface area contributed by atoms with Crippen LogP contribution in [-0.4, -0.2) is 17.5 Å². The molecular formula is H2Cu12O4S. The van der Waals surface area contributed by atoms with Gasteiger partial charge >= 0.3 is 10.4 Å². The summed E-state index contributed by atoms with van der Waals surface area (Å²) < 4.78 is 31.6. The van der Waals surface area contributed by atoms with Crippen molar-refractivity contribution in [2.45, 2.75) is 0 Å². The topological polar surface area (TPSA) is 74.6 Å². The number of hydrogen-bond acceptors (Lipinski definition) is 2.